The van der Waals surface area contributed by atoms with E-state index in [4.69, 9.17) is 11.6 Å². The van der Waals surface area contributed by atoms with Crippen molar-refractivity contribution >= 4 is 45.3 Å². The lowest BCUT2D eigenvalue weighted by atomic mass is 9.98. The number of halogens is 1. The first kappa shape index (κ1) is 16.2. The van der Waals surface area contributed by atoms with Crippen molar-refractivity contribution in [2.24, 2.45) is 0 Å². The van der Waals surface area contributed by atoms with Crippen molar-refractivity contribution < 1.29 is 4.79 Å². The summed E-state index contributed by atoms with van der Waals surface area (Å²) in [5.41, 5.74) is 5.64. The minimum Gasteiger partial charge on any atom is -0.297 e. The number of carbonyl (C=O) groups excluding carboxylic acids is 1. The van der Waals surface area contributed by atoms with Gasteiger partial charge < -0.3 is 0 Å². The highest BCUT2D eigenvalue weighted by molar-refractivity contribution is 7.18. The number of hydrogen-bond acceptors (Lipinski definition) is 4. The topological polar surface area (TPSA) is 42.0 Å². The number of aryl methyl sites for hydroxylation is 3. The van der Waals surface area contributed by atoms with Gasteiger partial charge in [0.2, 0.25) is 0 Å². The van der Waals surface area contributed by atoms with Gasteiger partial charge in [0.1, 0.15) is 0 Å². The van der Waals surface area contributed by atoms with E-state index in [1.807, 2.05) is 5.38 Å². The van der Waals surface area contributed by atoms with Crippen LogP contribution in [0.5, 0.6) is 0 Å². The molecule has 0 aliphatic rings. The number of hydrogen-bond donors (Lipinski definition) is 1. The molecule has 2 heterocycles. The molecule has 2 aromatic heterocycles. The van der Waals surface area contributed by atoms with Gasteiger partial charge in [-0.2, -0.15) is 0 Å². The summed E-state index contributed by atoms with van der Waals surface area (Å²) >= 11 is 8.54. The number of benzene rings is 1. The number of nitrogens with one attached hydrogen (secondary N) is 1. The molecule has 0 aliphatic carbocycles. The summed E-state index contributed by atoms with van der Waals surface area (Å²) in [5.74, 6) is -0.180. The summed E-state index contributed by atoms with van der Waals surface area (Å²) in [6.45, 7) is 6.25. The van der Waals surface area contributed by atoms with Crippen LogP contribution in [0.3, 0.4) is 0 Å². The molecule has 0 spiro atoms. The number of rotatable bonds is 3. The molecule has 0 unspecified atom stereocenters. The quantitative estimate of drug-likeness (QED) is 0.649. The number of amides is 1. The van der Waals surface area contributed by atoms with E-state index in [1.165, 1.54) is 39.4 Å². The average Bonchev–Trinajstić information content (AvgIpc) is 3.07. The SMILES string of the molecule is Cc1cc(C)c(-c2csc(NC(=O)c3ccc(Cl)s3)n2)c(C)c1. The van der Waals surface area contributed by atoms with E-state index in [-0.39, 0.29) is 5.91 Å². The van der Waals surface area contributed by atoms with E-state index in [1.54, 1.807) is 12.1 Å². The van der Waals surface area contributed by atoms with E-state index < -0.39 is 0 Å². The molecule has 1 amide bonds. The van der Waals surface area contributed by atoms with Gasteiger partial charge >= 0.3 is 0 Å². The van der Waals surface area contributed by atoms with Crippen LogP contribution in [0.1, 0.15) is 26.4 Å². The number of thiazole rings is 1. The number of carbonyl (C=O) groups is 1. The van der Waals surface area contributed by atoms with Gasteiger partial charge in [0, 0.05) is 10.9 Å². The van der Waals surface area contributed by atoms with Crippen molar-refractivity contribution in [1.29, 1.82) is 0 Å². The lowest BCUT2D eigenvalue weighted by molar-refractivity contribution is 0.103. The van der Waals surface area contributed by atoms with Crippen molar-refractivity contribution in [3.05, 3.63) is 55.5 Å². The number of thiophene rings is 1. The zero-order valence-corrected chi connectivity index (χ0v) is 15.3. The maximum Gasteiger partial charge on any atom is 0.267 e. The lowest BCUT2D eigenvalue weighted by Crippen LogP contribution is -2.09. The van der Waals surface area contributed by atoms with E-state index in [9.17, 15) is 4.79 Å². The summed E-state index contributed by atoms with van der Waals surface area (Å²) in [5, 5.41) is 5.40. The predicted octanol–water partition coefficient (Wildman–Crippen LogP) is 5.70. The Morgan fingerprint density at radius 3 is 2.48 bits per heavy atom. The second-order valence-corrected chi connectivity index (χ2v) is 7.94. The highest BCUT2D eigenvalue weighted by Gasteiger charge is 2.14. The van der Waals surface area contributed by atoms with Gasteiger partial charge in [-0.25, -0.2) is 4.98 Å². The van der Waals surface area contributed by atoms with Gasteiger partial charge in [-0.05, 0) is 44.0 Å². The van der Waals surface area contributed by atoms with Crippen LogP contribution in [-0.2, 0) is 0 Å². The second kappa shape index (κ2) is 6.43. The molecule has 0 saturated heterocycles. The summed E-state index contributed by atoms with van der Waals surface area (Å²) in [6.07, 6.45) is 0. The van der Waals surface area contributed by atoms with Crippen LogP contribution in [0.15, 0.2) is 29.6 Å². The molecule has 23 heavy (non-hydrogen) atoms. The molecule has 0 bridgehead atoms. The predicted molar refractivity (Wildman–Crippen MR) is 99.0 cm³/mol. The largest absolute Gasteiger partial charge is 0.297 e. The molecule has 0 radical (unpaired) electrons. The Morgan fingerprint density at radius 2 is 1.87 bits per heavy atom. The van der Waals surface area contributed by atoms with Gasteiger partial charge in [-0.15, -0.1) is 22.7 Å². The number of aromatic nitrogens is 1. The van der Waals surface area contributed by atoms with Crippen molar-refractivity contribution in [3.63, 3.8) is 0 Å². The Kier molecular flexibility index (Phi) is 4.53. The molecular formula is C17H15ClN2OS2. The molecular weight excluding hydrogens is 348 g/mol. The molecule has 0 aliphatic heterocycles. The Labute approximate surface area is 148 Å². The fourth-order valence-electron chi connectivity index (χ4n) is 2.63. The van der Waals surface area contributed by atoms with Crippen LogP contribution in [-0.4, -0.2) is 10.9 Å². The maximum absolute atomic E-state index is 12.2. The molecule has 0 fully saturated rings. The third kappa shape index (κ3) is 3.47. The molecule has 3 aromatic rings. The van der Waals surface area contributed by atoms with Crippen LogP contribution >= 0.6 is 34.3 Å². The van der Waals surface area contributed by atoms with Gasteiger partial charge in [0.05, 0.1) is 14.9 Å². The van der Waals surface area contributed by atoms with Crippen LogP contribution in [0.25, 0.3) is 11.3 Å². The van der Waals surface area contributed by atoms with Crippen LogP contribution in [0.4, 0.5) is 5.13 Å². The van der Waals surface area contributed by atoms with E-state index in [0.29, 0.717) is 14.3 Å². The van der Waals surface area contributed by atoms with Gasteiger partial charge in [-0.1, -0.05) is 29.3 Å². The highest BCUT2D eigenvalue weighted by atomic mass is 35.5. The van der Waals surface area contributed by atoms with Gasteiger partial charge in [-0.3, -0.25) is 10.1 Å². The first-order chi connectivity index (χ1) is 10.9. The lowest BCUT2D eigenvalue weighted by Gasteiger charge is -2.08. The monoisotopic (exact) mass is 362 g/mol. The summed E-state index contributed by atoms with van der Waals surface area (Å²) in [4.78, 5) is 17.3. The first-order valence-corrected chi connectivity index (χ1v) is 9.12. The van der Waals surface area contributed by atoms with Gasteiger partial charge in [0.15, 0.2) is 5.13 Å². The molecule has 3 rings (SSSR count). The standard InChI is InChI=1S/C17H15ClN2OS2/c1-9-6-10(2)15(11(3)7-9)12-8-22-17(19-12)20-16(21)13-4-5-14(18)23-13/h4-8H,1-3H3,(H,19,20,21). The Morgan fingerprint density at radius 1 is 1.17 bits per heavy atom. The van der Waals surface area contributed by atoms with Crippen molar-refractivity contribution in [3.8, 4) is 11.3 Å². The fourth-order valence-corrected chi connectivity index (χ4v) is 4.26. The normalized spacial score (nSPS) is 10.8. The van der Waals surface area contributed by atoms with Crippen molar-refractivity contribution in [2.75, 3.05) is 5.32 Å². The van der Waals surface area contributed by atoms with E-state index in [2.05, 4.69) is 43.2 Å². The molecule has 1 N–H and O–H groups in total. The van der Waals surface area contributed by atoms with Crippen LogP contribution < -0.4 is 5.32 Å². The maximum atomic E-state index is 12.2. The molecule has 118 valence electrons. The zero-order valence-electron chi connectivity index (χ0n) is 12.9. The fraction of sp³-hybridized carbons (Fsp3) is 0.176. The minimum atomic E-state index is -0.180. The third-order valence-electron chi connectivity index (χ3n) is 3.45. The first-order valence-electron chi connectivity index (χ1n) is 7.04. The third-order valence-corrected chi connectivity index (χ3v) is 5.44. The minimum absolute atomic E-state index is 0.180. The molecule has 0 atom stereocenters. The Balaban J connectivity index is 1.85. The van der Waals surface area contributed by atoms with E-state index in [0.717, 1.165) is 11.3 Å². The number of nitrogens with zero attached hydrogens (tertiary/aromatic N) is 1. The van der Waals surface area contributed by atoms with E-state index >= 15 is 0 Å². The Bertz CT molecular complexity index is 859. The smallest absolute Gasteiger partial charge is 0.267 e. The zero-order chi connectivity index (χ0) is 16.6. The van der Waals surface area contributed by atoms with Crippen molar-refractivity contribution in [2.45, 2.75) is 20.8 Å². The average molecular weight is 363 g/mol. The summed E-state index contributed by atoms with van der Waals surface area (Å²) in [7, 11) is 0. The second-order valence-electron chi connectivity index (χ2n) is 5.37. The molecule has 6 heteroatoms. The van der Waals surface area contributed by atoms with Crippen LogP contribution in [0.2, 0.25) is 4.34 Å². The molecule has 1 aromatic carbocycles. The Hall–Kier alpha value is -1.69. The number of anilines is 1. The van der Waals surface area contributed by atoms with Crippen molar-refractivity contribution in [1.82, 2.24) is 4.98 Å². The summed E-state index contributed by atoms with van der Waals surface area (Å²) in [6, 6.07) is 7.72. The molecule has 3 nitrogen and oxygen atoms in total. The summed E-state index contributed by atoms with van der Waals surface area (Å²) < 4.78 is 0.598. The molecule has 0 saturated carbocycles. The van der Waals surface area contributed by atoms with Crippen LogP contribution in [0, 0.1) is 20.8 Å². The van der Waals surface area contributed by atoms with Gasteiger partial charge in [0.25, 0.3) is 5.91 Å². The highest BCUT2D eigenvalue weighted by Crippen LogP contribution is 2.31.